The molecule has 0 aliphatic carbocycles. The van der Waals surface area contributed by atoms with E-state index >= 15 is 0 Å². The minimum Gasteiger partial charge on any atom is -0.324 e. The van der Waals surface area contributed by atoms with Crippen LogP contribution < -0.4 is 16.2 Å². The molecular weight excluding hydrogens is 385 g/mol. The molecule has 120 valence electrons. The summed E-state index contributed by atoms with van der Waals surface area (Å²) in [5.74, 6) is -0.550. The summed E-state index contributed by atoms with van der Waals surface area (Å²) in [6, 6.07) is 11.3. The Morgan fingerprint density at radius 1 is 1.26 bits per heavy atom. The second-order valence-corrected chi connectivity index (χ2v) is 6.59. The lowest BCUT2D eigenvalue weighted by Gasteiger charge is -2.12. The summed E-state index contributed by atoms with van der Waals surface area (Å²) >= 11 is 9.23. The quantitative estimate of drug-likeness (QED) is 0.737. The van der Waals surface area contributed by atoms with E-state index in [-0.39, 0.29) is 17.8 Å². The van der Waals surface area contributed by atoms with E-state index in [2.05, 4.69) is 32.1 Å². The molecule has 1 aliphatic heterocycles. The van der Waals surface area contributed by atoms with Crippen LogP contribution in [-0.4, -0.2) is 11.9 Å². The standard InChI is InChI=1S/C16H14BrClFN3O/c17-12-7-11(19)4-5-13(12)20-16(23)15-8-14(21-22-15)9-2-1-3-10(18)6-9/h1-7,14-15,21-22H,8H2,(H,20,23). The van der Waals surface area contributed by atoms with Crippen molar-refractivity contribution in [3.8, 4) is 0 Å². The highest BCUT2D eigenvalue weighted by molar-refractivity contribution is 9.10. The lowest BCUT2D eigenvalue weighted by molar-refractivity contribution is -0.117. The van der Waals surface area contributed by atoms with Crippen molar-refractivity contribution in [2.45, 2.75) is 18.5 Å². The normalized spacial score (nSPS) is 20.5. The van der Waals surface area contributed by atoms with E-state index in [4.69, 9.17) is 11.6 Å². The van der Waals surface area contributed by atoms with Gasteiger partial charge in [0.05, 0.1) is 5.69 Å². The molecule has 0 spiro atoms. The number of nitrogens with one attached hydrogen (secondary N) is 3. The van der Waals surface area contributed by atoms with Crippen LogP contribution in [0.2, 0.25) is 5.02 Å². The lowest BCUT2D eigenvalue weighted by Crippen LogP contribution is -2.39. The zero-order chi connectivity index (χ0) is 16.4. The molecule has 2 aromatic carbocycles. The Hall–Kier alpha value is -1.47. The second kappa shape index (κ2) is 6.97. The maximum absolute atomic E-state index is 13.1. The molecule has 1 fully saturated rings. The predicted octanol–water partition coefficient (Wildman–Crippen LogP) is 3.79. The molecule has 23 heavy (non-hydrogen) atoms. The van der Waals surface area contributed by atoms with Crippen molar-refractivity contribution in [2.24, 2.45) is 0 Å². The molecule has 0 saturated carbocycles. The maximum atomic E-state index is 13.1. The van der Waals surface area contributed by atoms with Crippen LogP contribution in [-0.2, 0) is 4.79 Å². The first-order valence-electron chi connectivity index (χ1n) is 7.05. The molecule has 3 N–H and O–H groups in total. The van der Waals surface area contributed by atoms with Gasteiger partial charge < -0.3 is 5.32 Å². The van der Waals surface area contributed by atoms with Gasteiger partial charge in [-0.25, -0.2) is 15.2 Å². The number of hydrogen-bond acceptors (Lipinski definition) is 3. The largest absolute Gasteiger partial charge is 0.324 e. The average molecular weight is 399 g/mol. The Labute approximate surface area is 146 Å². The summed E-state index contributed by atoms with van der Waals surface area (Å²) < 4.78 is 13.6. The van der Waals surface area contributed by atoms with E-state index in [1.807, 2.05) is 24.3 Å². The highest BCUT2D eigenvalue weighted by Gasteiger charge is 2.30. The zero-order valence-corrected chi connectivity index (χ0v) is 14.3. The smallest absolute Gasteiger partial charge is 0.242 e. The Morgan fingerprint density at radius 2 is 2.09 bits per heavy atom. The van der Waals surface area contributed by atoms with Gasteiger partial charge in [-0.1, -0.05) is 23.7 Å². The molecule has 4 nitrogen and oxygen atoms in total. The molecule has 3 rings (SSSR count). The lowest BCUT2D eigenvalue weighted by atomic mass is 10.0. The summed E-state index contributed by atoms with van der Waals surface area (Å²) in [5.41, 5.74) is 7.63. The van der Waals surface area contributed by atoms with Crippen molar-refractivity contribution in [1.29, 1.82) is 0 Å². The van der Waals surface area contributed by atoms with E-state index < -0.39 is 6.04 Å². The van der Waals surface area contributed by atoms with Crippen LogP contribution in [0.4, 0.5) is 10.1 Å². The van der Waals surface area contributed by atoms with Crippen LogP contribution >= 0.6 is 27.5 Å². The molecule has 2 atom stereocenters. The predicted molar refractivity (Wildman–Crippen MR) is 91.6 cm³/mol. The van der Waals surface area contributed by atoms with Gasteiger partial charge in [-0.2, -0.15) is 0 Å². The Kier molecular flexibility index (Phi) is 4.96. The topological polar surface area (TPSA) is 53.2 Å². The number of carbonyl (C=O) groups is 1. The van der Waals surface area contributed by atoms with Crippen molar-refractivity contribution in [1.82, 2.24) is 10.9 Å². The van der Waals surface area contributed by atoms with E-state index in [0.717, 1.165) is 5.56 Å². The molecule has 2 aromatic rings. The maximum Gasteiger partial charge on any atom is 0.242 e. The molecule has 1 heterocycles. The molecule has 1 aliphatic rings. The van der Waals surface area contributed by atoms with Crippen LogP contribution in [0.1, 0.15) is 18.0 Å². The summed E-state index contributed by atoms with van der Waals surface area (Å²) in [7, 11) is 0. The van der Waals surface area contributed by atoms with Gasteiger partial charge in [0.15, 0.2) is 0 Å². The number of benzene rings is 2. The average Bonchev–Trinajstić information content (AvgIpc) is 3.00. The third kappa shape index (κ3) is 3.90. The van der Waals surface area contributed by atoms with Crippen molar-refractivity contribution < 1.29 is 9.18 Å². The van der Waals surface area contributed by atoms with Gasteiger partial charge in [0.1, 0.15) is 11.9 Å². The van der Waals surface area contributed by atoms with E-state index in [0.29, 0.717) is 21.6 Å². The van der Waals surface area contributed by atoms with Gasteiger partial charge in [0.2, 0.25) is 5.91 Å². The van der Waals surface area contributed by atoms with Crippen molar-refractivity contribution in [3.63, 3.8) is 0 Å². The van der Waals surface area contributed by atoms with E-state index in [9.17, 15) is 9.18 Å². The first kappa shape index (κ1) is 16.4. The first-order valence-corrected chi connectivity index (χ1v) is 8.22. The molecule has 0 bridgehead atoms. The number of rotatable bonds is 3. The van der Waals surface area contributed by atoms with Crippen molar-refractivity contribution in [3.05, 3.63) is 63.3 Å². The van der Waals surface area contributed by atoms with Gasteiger partial charge in [0.25, 0.3) is 0 Å². The van der Waals surface area contributed by atoms with Crippen molar-refractivity contribution in [2.75, 3.05) is 5.32 Å². The Balaban J connectivity index is 1.65. The van der Waals surface area contributed by atoms with Crippen molar-refractivity contribution >= 4 is 39.1 Å². The fourth-order valence-corrected chi connectivity index (χ4v) is 3.13. The summed E-state index contributed by atoms with van der Waals surface area (Å²) in [4.78, 5) is 12.3. The molecule has 0 radical (unpaired) electrons. The van der Waals surface area contributed by atoms with Gasteiger partial charge in [0, 0.05) is 15.5 Å². The third-order valence-electron chi connectivity index (χ3n) is 3.66. The van der Waals surface area contributed by atoms with Crippen LogP contribution in [0.5, 0.6) is 0 Å². The highest BCUT2D eigenvalue weighted by Crippen LogP contribution is 2.27. The van der Waals surface area contributed by atoms with Gasteiger partial charge >= 0.3 is 0 Å². The minimum atomic E-state index is -0.393. The number of carbonyl (C=O) groups excluding carboxylic acids is 1. The van der Waals surface area contributed by atoms with E-state index in [1.165, 1.54) is 18.2 Å². The number of hydrogen-bond donors (Lipinski definition) is 3. The molecule has 1 amide bonds. The van der Waals surface area contributed by atoms with Gasteiger partial charge in [-0.05, 0) is 58.2 Å². The number of anilines is 1. The van der Waals surface area contributed by atoms with Crippen LogP contribution in [0.15, 0.2) is 46.9 Å². The summed E-state index contributed by atoms with van der Waals surface area (Å²) in [6.07, 6.45) is 0.588. The Morgan fingerprint density at radius 3 is 2.83 bits per heavy atom. The number of hydrazine groups is 1. The Bertz CT molecular complexity index is 743. The van der Waals surface area contributed by atoms with Gasteiger partial charge in [-0.3, -0.25) is 4.79 Å². The molecule has 0 aromatic heterocycles. The molecule has 1 saturated heterocycles. The fourth-order valence-electron chi connectivity index (χ4n) is 2.48. The minimum absolute atomic E-state index is 0.00103. The molecule has 7 heteroatoms. The molecule has 2 unspecified atom stereocenters. The summed E-state index contributed by atoms with van der Waals surface area (Å²) in [5, 5.41) is 3.44. The van der Waals surface area contributed by atoms with E-state index in [1.54, 1.807) is 0 Å². The van der Waals surface area contributed by atoms with Crippen LogP contribution in [0.25, 0.3) is 0 Å². The van der Waals surface area contributed by atoms with Crippen LogP contribution in [0.3, 0.4) is 0 Å². The fraction of sp³-hybridized carbons (Fsp3) is 0.188. The molecular formula is C16H14BrClFN3O. The highest BCUT2D eigenvalue weighted by atomic mass is 79.9. The number of halogens is 3. The monoisotopic (exact) mass is 397 g/mol. The third-order valence-corrected chi connectivity index (χ3v) is 4.55. The zero-order valence-electron chi connectivity index (χ0n) is 11.9. The first-order chi connectivity index (χ1) is 11.0. The summed E-state index contributed by atoms with van der Waals surface area (Å²) in [6.45, 7) is 0. The number of amides is 1. The van der Waals surface area contributed by atoms with Crippen LogP contribution in [0, 0.1) is 5.82 Å². The second-order valence-electron chi connectivity index (χ2n) is 5.30. The SMILES string of the molecule is O=C(Nc1ccc(F)cc1Br)C1CC(c2cccc(Cl)c2)NN1. The van der Waals surface area contributed by atoms with Gasteiger partial charge in [-0.15, -0.1) is 0 Å².